The SMILES string of the molecule is O=S(=O)([O-])OCCS(=O)(=O)c1ccc(N=Nc2c(O)c(N=Nc3ccc(S(=O)(=O)CCOSOO[O-])cc3)c(O)c(N=Nc3cc(SOO[O-])c4cccc(S(=O)(=O)[O-])c4c3)c2O)c(S(=O)(=O)[O-])c1.[Na+].[Na+].[Na+].[Na+].[Na+]. The number of nitrogens with zero attached hydrogens (tertiary/aromatic N) is 6. The molecular weight excluding hydrogens is 1190 g/mol. The van der Waals surface area contributed by atoms with Crippen molar-refractivity contribution in [1.82, 2.24) is 0 Å². The summed E-state index contributed by atoms with van der Waals surface area (Å²) >= 11 is 0.304. The number of hydrogen-bond acceptors (Lipinski definition) is 32. The van der Waals surface area contributed by atoms with Crippen molar-refractivity contribution in [3.05, 3.63) is 72.8 Å². The molecule has 0 saturated heterocycles. The first kappa shape index (κ1) is 73.6. The molecule has 42 heteroatoms. The Morgan fingerprint density at radius 3 is 1.54 bits per heavy atom. The molecule has 3 N–H and O–H groups in total. The zero-order valence-electron chi connectivity index (χ0n) is 38.2. The molecule has 5 aromatic rings. The van der Waals surface area contributed by atoms with Crippen molar-refractivity contribution < 1.29 is 256 Å². The average Bonchev–Trinajstić information content (AvgIpc) is 3.26. The van der Waals surface area contributed by atoms with Crippen molar-refractivity contribution in [3.63, 3.8) is 0 Å². The van der Waals surface area contributed by atoms with E-state index in [4.69, 9.17) is 4.18 Å². The van der Waals surface area contributed by atoms with Gasteiger partial charge in [-0.1, -0.05) is 12.1 Å². The number of aromatic hydroxyl groups is 3. The van der Waals surface area contributed by atoms with Gasteiger partial charge in [0, 0.05) is 10.3 Å². The molecule has 5 aromatic carbocycles. The minimum Gasteiger partial charge on any atom is -0.744 e. The summed E-state index contributed by atoms with van der Waals surface area (Å²) in [4.78, 5) is -3.47. The van der Waals surface area contributed by atoms with Gasteiger partial charge in [-0.25, -0.2) is 42.1 Å². The Labute approximate surface area is 538 Å². The van der Waals surface area contributed by atoms with E-state index in [-0.39, 0.29) is 210 Å². The molecule has 0 unspecified atom stereocenters. The van der Waals surface area contributed by atoms with Crippen LogP contribution in [0.25, 0.3) is 10.8 Å². The molecule has 0 amide bonds. The zero-order chi connectivity index (χ0) is 51.0. The number of phenolic OH excluding ortho intramolecular Hbond substituents is 3. The third-order valence-corrected chi connectivity index (χ3v) is 14.9. The normalized spacial score (nSPS) is 12.2. The fraction of sp³-hybridized carbons (Fsp3) is 0.125. The Morgan fingerprint density at radius 2 is 1.01 bits per heavy atom. The first-order chi connectivity index (χ1) is 32.3. The second kappa shape index (κ2) is 32.1. The van der Waals surface area contributed by atoms with Crippen LogP contribution in [-0.2, 0) is 77.4 Å². The summed E-state index contributed by atoms with van der Waals surface area (Å²) in [6, 6.07) is 11.4. The maximum absolute atomic E-state index is 12.8. The van der Waals surface area contributed by atoms with Gasteiger partial charge in [0.15, 0.2) is 66.3 Å². The maximum atomic E-state index is 12.8. The van der Waals surface area contributed by atoms with Crippen LogP contribution in [0.15, 0.2) is 128 Å². The van der Waals surface area contributed by atoms with Crippen molar-refractivity contribution in [2.45, 2.75) is 24.5 Å². The summed E-state index contributed by atoms with van der Waals surface area (Å²) in [7, 11) is -24.9. The van der Waals surface area contributed by atoms with Crippen LogP contribution in [0.2, 0.25) is 0 Å². The molecule has 0 aliphatic rings. The molecule has 5 rings (SSSR count). The molecular formula is C32H23N6Na5O24S7. The van der Waals surface area contributed by atoms with Gasteiger partial charge in [-0.15, -0.1) is 24.8 Å². The number of azo groups is 3. The number of rotatable bonds is 23. The fourth-order valence-corrected chi connectivity index (χ4v) is 10.2. The van der Waals surface area contributed by atoms with Crippen LogP contribution in [0.1, 0.15) is 0 Å². The summed E-state index contributed by atoms with van der Waals surface area (Å²) in [5.41, 5.74) is -4.76. The molecule has 0 aliphatic heterocycles. The van der Waals surface area contributed by atoms with E-state index in [1.54, 1.807) is 0 Å². The second-order valence-corrected chi connectivity index (χ2v) is 21.8. The number of sulfone groups is 2. The van der Waals surface area contributed by atoms with Gasteiger partial charge < -0.3 is 39.5 Å². The molecule has 30 nitrogen and oxygen atoms in total. The molecule has 0 heterocycles. The molecule has 0 bridgehead atoms. The number of benzene rings is 5. The van der Waals surface area contributed by atoms with Gasteiger partial charge >= 0.3 is 148 Å². The van der Waals surface area contributed by atoms with E-state index in [0.717, 1.165) is 42.5 Å². The van der Waals surface area contributed by atoms with Gasteiger partial charge in [-0.3, -0.25) is 18.4 Å². The second-order valence-electron chi connectivity index (χ2n) is 12.6. The van der Waals surface area contributed by atoms with E-state index < -0.39 is 130 Å². The molecule has 0 aliphatic carbocycles. The van der Waals surface area contributed by atoms with E-state index >= 15 is 0 Å². The summed E-state index contributed by atoms with van der Waals surface area (Å²) in [5, 5.41) is 82.7. The molecule has 0 radical (unpaired) electrons. The Morgan fingerprint density at radius 1 is 0.514 bits per heavy atom. The predicted octanol–water partition coefficient (Wildman–Crippen LogP) is -11.9. The first-order valence-electron chi connectivity index (χ1n) is 17.5. The van der Waals surface area contributed by atoms with Gasteiger partial charge in [-0.05, 0) is 66.0 Å². The fourth-order valence-electron chi connectivity index (χ4n) is 5.36. The Bertz CT molecular complexity index is 3440. The van der Waals surface area contributed by atoms with Gasteiger partial charge in [-0.2, -0.15) is 14.6 Å². The maximum Gasteiger partial charge on any atom is 1.00 e. The van der Waals surface area contributed by atoms with Crippen LogP contribution in [0.4, 0.5) is 34.1 Å². The quantitative estimate of drug-likeness (QED) is 0.00799. The van der Waals surface area contributed by atoms with E-state index in [1.165, 1.54) is 12.1 Å². The van der Waals surface area contributed by atoms with E-state index in [9.17, 15) is 81.6 Å². The number of hydrogen-bond donors (Lipinski definition) is 3. The Balaban J connectivity index is 0.0000107. The monoisotopic (exact) mass is 1210 g/mol. The van der Waals surface area contributed by atoms with Gasteiger partial charge in [0.25, 0.3) is 0 Å². The van der Waals surface area contributed by atoms with Crippen LogP contribution in [0, 0.1) is 0 Å². The van der Waals surface area contributed by atoms with E-state index in [2.05, 4.69) is 53.6 Å². The smallest absolute Gasteiger partial charge is 0.744 e. The minimum atomic E-state index is -5.68. The van der Waals surface area contributed by atoms with E-state index in [0.29, 0.717) is 12.1 Å². The molecule has 0 atom stereocenters. The van der Waals surface area contributed by atoms with Crippen molar-refractivity contribution in [1.29, 1.82) is 0 Å². The molecule has 0 aromatic heterocycles. The van der Waals surface area contributed by atoms with E-state index in [1.807, 2.05) is 0 Å². The number of phenols is 3. The molecule has 74 heavy (non-hydrogen) atoms. The van der Waals surface area contributed by atoms with Crippen molar-refractivity contribution in [2.75, 3.05) is 24.7 Å². The van der Waals surface area contributed by atoms with Crippen LogP contribution in [-0.4, -0.2) is 95.8 Å². The Kier molecular flexibility index (Phi) is 31.9. The summed E-state index contributed by atoms with van der Waals surface area (Å²) in [6.45, 7) is -1.66. The Hall–Kier alpha value is -0.430. The van der Waals surface area contributed by atoms with Gasteiger partial charge in [0.1, 0.15) is 25.9 Å². The molecule has 0 spiro atoms. The third kappa shape index (κ3) is 20.6. The minimum absolute atomic E-state index is 0. The van der Waals surface area contributed by atoms with Crippen molar-refractivity contribution in [3.8, 4) is 17.2 Å². The summed E-state index contributed by atoms with van der Waals surface area (Å²) < 4.78 is 173. The standard InChI is InChI=1S/C32H28N6O24S7.5Na/c39-30-27(36-33-17-4-6-19(7-5-17)65(44,45)12-10-57-64-62-60-43)31(40)29(38-35-23-9-8-20(16-26(23)68(51,52)53)66(46,47)13-11-58-69(54,55)56)32(41)28(30)37-34-18-14-22-21(24(15-18)63-61-59-42)2-1-3-25(22)67(48,49)50;;;;;/h1-9,14-16,39-43H,10-13H2,(H,48,49,50)(H,51,52,53)(H,54,55,56);;;;;/q;5*+1/p-5. The molecule has 372 valence electrons. The van der Waals surface area contributed by atoms with Crippen LogP contribution in [0.3, 0.4) is 0 Å². The molecule has 0 fully saturated rings. The van der Waals surface area contributed by atoms with Crippen molar-refractivity contribution in [2.24, 2.45) is 30.7 Å². The topological polar surface area (TPSA) is 476 Å². The van der Waals surface area contributed by atoms with Crippen LogP contribution >= 0.6 is 24.4 Å². The predicted molar refractivity (Wildman–Crippen MR) is 220 cm³/mol. The van der Waals surface area contributed by atoms with Crippen LogP contribution < -0.4 is 158 Å². The molecule has 0 saturated carbocycles. The first-order valence-corrected chi connectivity index (χ1v) is 26.4. The van der Waals surface area contributed by atoms with Crippen molar-refractivity contribution >= 4 is 120 Å². The summed E-state index contributed by atoms with van der Waals surface area (Å²) in [5.74, 6) is -5.73. The van der Waals surface area contributed by atoms with Crippen LogP contribution in [0.5, 0.6) is 17.2 Å². The van der Waals surface area contributed by atoms with Gasteiger partial charge in [0.05, 0.1) is 67.7 Å². The zero-order valence-corrected chi connectivity index (χ0v) is 53.9. The third-order valence-electron chi connectivity index (χ3n) is 8.33. The largest absolute Gasteiger partial charge is 1.00 e. The average molecular weight is 1210 g/mol. The van der Waals surface area contributed by atoms with Gasteiger partial charge in [0.2, 0.25) is 10.4 Å². The number of fused-ring (bicyclic) bond motifs is 1. The summed E-state index contributed by atoms with van der Waals surface area (Å²) in [6.07, 6.45) is 0.